The fourth-order valence-electron chi connectivity index (χ4n) is 7.29. The molecule has 0 N–H and O–H groups in total. The molecule has 0 amide bonds. The second-order valence-corrected chi connectivity index (χ2v) is 13.6. The summed E-state index contributed by atoms with van der Waals surface area (Å²) in [6, 6.07) is 60.5. The van der Waals surface area contributed by atoms with Crippen molar-refractivity contribution >= 4 is 54.0 Å². The van der Waals surface area contributed by atoms with Gasteiger partial charge in [0.05, 0.1) is 22.4 Å². The van der Waals surface area contributed by atoms with E-state index in [4.69, 9.17) is 9.97 Å². The Bertz CT molecular complexity index is 2870. The minimum Gasteiger partial charge on any atom is -0.309 e. The Hall–Kier alpha value is -6.36. The first kappa shape index (κ1) is 28.6. The predicted molar refractivity (Wildman–Crippen MR) is 211 cm³/mol. The molecule has 50 heavy (non-hydrogen) atoms. The molecule has 10 rings (SSSR count). The van der Waals surface area contributed by atoms with Crippen LogP contribution in [0.15, 0.2) is 175 Å². The van der Waals surface area contributed by atoms with E-state index < -0.39 is 0 Å². The van der Waals surface area contributed by atoms with Crippen molar-refractivity contribution in [2.75, 3.05) is 0 Å². The van der Waals surface area contributed by atoms with Gasteiger partial charge in [-0.3, -0.25) is 0 Å². The first-order valence-electron chi connectivity index (χ1n) is 16.8. The summed E-state index contributed by atoms with van der Waals surface area (Å²) in [6.07, 6.45) is 0. The number of hydrogen-bond donors (Lipinski definition) is 0. The van der Waals surface area contributed by atoms with Crippen molar-refractivity contribution in [3.05, 3.63) is 175 Å². The Morgan fingerprint density at radius 1 is 0.460 bits per heavy atom. The Morgan fingerprint density at radius 3 is 2.00 bits per heavy atom. The molecule has 10 aromatic rings. The van der Waals surface area contributed by atoms with Gasteiger partial charge >= 0.3 is 0 Å². The van der Waals surface area contributed by atoms with Crippen LogP contribution in [0.3, 0.4) is 0 Å². The van der Waals surface area contributed by atoms with Gasteiger partial charge in [-0.1, -0.05) is 115 Å². The van der Waals surface area contributed by atoms with Gasteiger partial charge in [-0.05, 0) is 76.5 Å². The average Bonchev–Trinajstić information content (AvgIpc) is 3.80. The van der Waals surface area contributed by atoms with Crippen molar-refractivity contribution in [1.29, 1.82) is 0 Å². The van der Waals surface area contributed by atoms with Crippen LogP contribution in [0.1, 0.15) is 0 Å². The van der Waals surface area contributed by atoms with Gasteiger partial charge in [-0.25, -0.2) is 9.97 Å². The molecule has 3 nitrogen and oxygen atoms in total. The minimum absolute atomic E-state index is 0.718. The van der Waals surface area contributed by atoms with Crippen molar-refractivity contribution in [1.82, 2.24) is 14.5 Å². The third-order valence-electron chi connectivity index (χ3n) is 9.64. The molecule has 0 aliphatic carbocycles. The molecule has 3 aromatic heterocycles. The van der Waals surface area contributed by atoms with Crippen LogP contribution in [0.4, 0.5) is 0 Å². The molecule has 0 fully saturated rings. The smallest absolute Gasteiger partial charge is 0.160 e. The van der Waals surface area contributed by atoms with Gasteiger partial charge in [0.1, 0.15) is 0 Å². The van der Waals surface area contributed by atoms with Crippen LogP contribution in [-0.4, -0.2) is 14.5 Å². The van der Waals surface area contributed by atoms with Crippen LogP contribution in [0.25, 0.3) is 93.4 Å². The molecule has 0 saturated carbocycles. The van der Waals surface area contributed by atoms with Crippen LogP contribution >= 0.6 is 11.3 Å². The summed E-state index contributed by atoms with van der Waals surface area (Å²) in [4.78, 5) is 10.6. The molecule has 0 radical (unpaired) electrons. The molecular weight excluding hydrogens is 627 g/mol. The zero-order valence-electron chi connectivity index (χ0n) is 27.0. The van der Waals surface area contributed by atoms with Gasteiger partial charge < -0.3 is 4.57 Å². The van der Waals surface area contributed by atoms with E-state index in [1.807, 2.05) is 6.07 Å². The number of aromatic nitrogens is 3. The largest absolute Gasteiger partial charge is 0.309 e. The highest BCUT2D eigenvalue weighted by Crippen LogP contribution is 2.42. The third-order valence-corrected chi connectivity index (χ3v) is 10.6. The molecule has 0 aliphatic rings. The fraction of sp³-hybridized carbons (Fsp3) is 0. The number of fused-ring (bicyclic) bond motifs is 5. The molecule has 0 atom stereocenters. The van der Waals surface area contributed by atoms with Gasteiger partial charge in [0.15, 0.2) is 5.82 Å². The van der Waals surface area contributed by atoms with Crippen molar-refractivity contribution in [3.63, 3.8) is 0 Å². The Labute approximate surface area is 293 Å². The van der Waals surface area contributed by atoms with Crippen LogP contribution in [0.2, 0.25) is 0 Å². The van der Waals surface area contributed by atoms with Crippen molar-refractivity contribution in [2.45, 2.75) is 0 Å². The number of hydrogen-bond acceptors (Lipinski definition) is 3. The quantitative estimate of drug-likeness (QED) is 0.173. The third kappa shape index (κ3) is 4.73. The highest BCUT2D eigenvalue weighted by atomic mass is 32.1. The Morgan fingerprint density at radius 2 is 1.14 bits per heavy atom. The summed E-state index contributed by atoms with van der Waals surface area (Å²) in [7, 11) is 0. The van der Waals surface area contributed by atoms with Crippen LogP contribution < -0.4 is 0 Å². The Balaban J connectivity index is 1.31. The average molecular weight is 656 g/mol. The van der Waals surface area contributed by atoms with Crippen LogP contribution in [0.5, 0.6) is 0 Å². The standard InChI is InChI=1S/C46H29N3S/c1-3-14-31(15-4-1)46-47-44(39-24-23-30-13-7-9-19-37(30)45(39)48-46)35-26-33(40-29-50-43-22-12-10-20-38(40)43)25-34(27-35)42-28-32-16-8-11-21-41(32)49(42)36-17-5-2-6-18-36/h1-29H. The van der Waals surface area contributed by atoms with Crippen molar-refractivity contribution in [2.24, 2.45) is 0 Å². The molecule has 0 saturated heterocycles. The number of benzene rings is 7. The number of nitrogens with zero attached hydrogens (tertiary/aromatic N) is 3. The first-order valence-corrected chi connectivity index (χ1v) is 17.7. The summed E-state index contributed by atoms with van der Waals surface area (Å²) < 4.78 is 3.66. The minimum atomic E-state index is 0.718. The lowest BCUT2D eigenvalue weighted by Gasteiger charge is -2.16. The van der Waals surface area contributed by atoms with Gasteiger partial charge in [0.2, 0.25) is 0 Å². The van der Waals surface area contributed by atoms with E-state index in [2.05, 4.69) is 174 Å². The molecule has 0 bridgehead atoms. The lowest BCUT2D eigenvalue weighted by molar-refractivity contribution is 1.13. The SMILES string of the molecule is c1ccc(-c2nc(-c3cc(-c4csc5ccccc45)cc(-c4cc5ccccc5n4-c4ccccc4)c3)c3ccc4ccccc4c3n2)cc1. The molecule has 234 valence electrons. The fourth-order valence-corrected chi connectivity index (χ4v) is 8.26. The van der Waals surface area contributed by atoms with Gasteiger partial charge in [0, 0.05) is 48.6 Å². The van der Waals surface area contributed by atoms with E-state index in [1.165, 1.54) is 26.6 Å². The molecule has 0 aliphatic heterocycles. The molecule has 4 heteroatoms. The Kier molecular flexibility index (Phi) is 6.68. The zero-order chi connectivity index (χ0) is 33.0. The van der Waals surface area contributed by atoms with Crippen molar-refractivity contribution < 1.29 is 0 Å². The molecule has 3 heterocycles. The van der Waals surface area contributed by atoms with E-state index in [1.54, 1.807) is 11.3 Å². The maximum absolute atomic E-state index is 5.38. The maximum atomic E-state index is 5.38. The summed E-state index contributed by atoms with van der Waals surface area (Å²) in [5.41, 5.74) is 10.9. The van der Waals surface area contributed by atoms with Gasteiger partial charge in [0.25, 0.3) is 0 Å². The van der Waals surface area contributed by atoms with E-state index in [-0.39, 0.29) is 0 Å². The normalized spacial score (nSPS) is 11.6. The van der Waals surface area contributed by atoms with Gasteiger partial charge in [-0.2, -0.15) is 0 Å². The molecule has 7 aromatic carbocycles. The predicted octanol–water partition coefficient (Wildman–Crippen LogP) is 12.6. The first-order chi connectivity index (χ1) is 24.8. The maximum Gasteiger partial charge on any atom is 0.160 e. The highest BCUT2D eigenvalue weighted by molar-refractivity contribution is 7.17. The second-order valence-electron chi connectivity index (χ2n) is 12.6. The number of para-hydroxylation sites is 2. The van der Waals surface area contributed by atoms with E-state index >= 15 is 0 Å². The van der Waals surface area contributed by atoms with Crippen LogP contribution in [0, 0.1) is 0 Å². The molecular formula is C46H29N3S. The summed E-state index contributed by atoms with van der Waals surface area (Å²) in [5, 5.41) is 8.06. The van der Waals surface area contributed by atoms with Gasteiger partial charge in [-0.15, -0.1) is 11.3 Å². The van der Waals surface area contributed by atoms with E-state index in [9.17, 15) is 0 Å². The highest BCUT2D eigenvalue weighted by Gasteiger charge is 2.19. The van der Waals surface area contributed by atoms with E-state index in [0.717, 1.165) is 66.8 Å². The lowest BCUT2D eigenvalue weighted by atomic mass is 9.94. The topological polar surface area (TPSA) is 30.7 Å². The van der Waals surface area contributed by atoms with Crippen molar-refractivity contribution in [3.8, 4) is 50.7 Å². The summed E-state index contributed by atoms with van der Waals surface area (Å²) in [6.45, 7) is 0. The van der Waals surface area contributed by atoms with Crippen LogP contribution in [-0.2, 0) is 0 Å². The monoisotopic (exact) mass is 655 g/mol. The second kappa shape index (κ2) is 11.7. The molecule has 0 unspecified atom stereocenters. The number of thiophene rings is 1. The lowest BCUT2D eigenvalue weighted by Crippen LogP contribution is -1.99. The zero-order valence-corrected chi connectivity index (χ0v) is 27.8. The molecule has 0 spiro atoms. The number of rotatable bonds is 5. The van der Waals surface area contributed by atoms with E-state index in [0.29, 0.717) is 0 Å². The summed E-state index contributed by atoms with van der Waals surface area (Å²) in [5.74, 6) is 0.718. The summed E-state index contributed by atoms with van der Waals surface area (Å²) >= 11 is 1.79.